The molecule has 2 N–H and O–H groups in total. The van der Waals surface area contributed by atoms with Gasteiger partial charge in [0.1, 0.15) is 6.10 Å². The Morgan fingerprint density at radius 3 is 2.50 bits per heavy atom. The summed E-state index contributed by atoms with van der Waals surface area (Å²) in [7, 11) is 0. The molecule has 12 heavy (non-hydrogen) atoms. The third kappa shape index (κ3) is 5.09. The third-order valence-corrected chi connectivity index (χ3v) is 1.44. The van der Waals surface area contributed by atoms with E-state index in [4.69, 9.17) is 15.2 Å². The van der Waals surface area contributed by atoms with Gasteiger partial charge in [-0.2, -0.15) is 0 Å². The number of primary amides is 1. The summed E-state index contributed by atoms with van der Waals surface area (Å²) < 4.78 is 10.2. The Kier molecular flexibility index (Phi) is 6.70. The van der Waals surface area contributed by atoms with Crippen LogP contribution in [0.5, 0.6) is 0 Å². The average molecular weight is 175 g/mol. The van der Waals surface area contributed by atoms with Gasteiger partial charge in [0.2, 0.25) is 5.91 Å². The lowest BCUT2D eigenvalue weighted by molar-refractivity contribution is -0.130. The van der Waals surface area contributed by atoms with Crippen LogP contribution >= 0.6 is 0 Å². The van der Waals surface area contributed by atoms with Gasteiger partial charge in [-0.1, -0.05) is 6.92 Å². The van der Waals surface area contributed by atoms with Gasteiger partial charge in [-0.3, -0.25) is 4.79 Å². The molecule has 0 spiro atoms. The van der Waals surface area contributed by atoms with Gasteiger partial charge in [0, 0.05) is 6.61 Å². The molecule has 0 saturated heterocycles. The summed E-state index contributed by atoms with van der Waals surface area (Å²) in [5.74, 6) is -0.408. The number of nitrogens with two attached hydrogens (primary N) is 1. The molecule has 0 fully saturated rings. The predicted molar refractivity (Wildman–Crippen MR) is 45.7 cm³/mol. The summed E-state index contributed by atoms with van der Waals surface area (Å²) >= 11 is 0. The van der Waals surface area contributed by atoms with Crippen LogP contribution in [0.2, 0.25) is 0 Å². The van der Waals surface area contributed by atoms with E-state index in [1.54, 1.807) is 0 Å². The highest BCUT2D eigenvalue weighted by atomic mass is 16.5. The fourth-order valence-electron chi connectivity index (χ4n) is 0.795. The van der Waals surface area contributed by atoms with E-state index in [0.717, 1.165) is 0 Å². The molecule has 72 valence electrons. The standard InChI is InChI=1S/C8H17NO3/c1-3-7(8(9)10)12-6-5-11-4-2/h7H,3-6H2,1-2H3,(H2,9,10). The van der Waals surface area contributed by atoms with Crippen molar-refractivity contribution in [3.05, 3.63) is 0 Å². The van der Waals surface area contributed by atoms with Crippen molar-refractivity contribution in [1.82, 2.24) is 0 Å². The lowest BCUT2D eigenvalue weighted by Gasteiger charge is -2.11. The quantitative estimate of drug-likeness (QED) is 0.566. The second-order valence-electron chi connectivity index (χ2n) is 2.37. The van der Waals surface area contributed by atoms with Crippen molar-refractivity contribution in [2.75, 3.05) is 19.8 Å². The van der Waals surface area contributed by atoms with Crippen molar-refractivity contribution >= 4 is 5.91 Å². The number of carbonyl (C=O) groups excluding carboxylic acids is 1. The maximum Gasteiger partial charge on any atom is 0.246 e. The molecule has 4 heteroatoms. The molecule has 0 radical (unpaired) electrons. The number of amides is 1. The molecular formula is C8H17NO3. The van der Waals surface area contributed by atoms with Crippen molar-refractivity contribution in [1.29, 1.82) is 0 Å². The van der Waals surface area contributed by atoms with Crippen LogP contribution in [-0.4, -0.2) is 31.8 Å². The molecule has 1 amide bonds. The number of carbonyl (C=O) groups is 1. The van der Waals surface area contributed by atoms with Crippen molar-refractivity contribution < 1.29 is 14.3 Å². The van der Waals surface area contributed by atoms with Crippen LogP contribution in [0.3, 0.4) is 0 Å². The molecule has 1 unspecified atom stereocenters. The molecule has 0 aliphatic carbocycles. The molecule has 4 nitrogen and oxygen atoms in total. The maximum absolute atomic E-state index is 10.7. The summed E-state index contributed by atoms with van der Waals surface area (Å²) in [6, 6.07) is 0. The summed E-state index contributed by atoms with van der Waals surface area (Å²) in [5, 5.41) is 0. The Balaban J connectivity index is 3.38. The first kappa shape index (κ1) is 11.4. The third-order valence-electron chi connectivity index (χ3n) is 1.44. The van der Waals surface area contributed by atoms with Crippen LogP contribution < -0.4 is 5.73 Å². The van der Waals surface area contributed by atoms with E-state index in [0.29, 0.717) is 26.2 Å². The van der Waals surface area contributed by atoms with E-state index < -0.39 is 12.0 Å². The zero-order valence-electron chi connectivity index (χ0n) is 7.71. The van der Waals surface area contributed by atoms with Gasteiger partial charge in [-0.05, 0) is 13.3 Å². The Labute approximate surface area is 73.0 Å². The SMILES string of the molecule is CCOCCOC(CC)C(N)=O. The van der Waals surface area contributed by atoms with Crippen LogP contribution in [0, 0.1) is 0 Å². The van der Waals surface area contributed by atoms with Crippen LogP contribution in [0.15, 0.2) is 0 Å². The molecule has 1 atom stereocenters. The fraction of sp³-hybridized carbons (Fsp3) is 0.875. The second kappa shape index (κ2) is 7.06. The van der Waals surface area contributed by atoms with E-state index >= 15 is 0 Å². The number of ether oxygens (including phenoxy) is 2. The van der Waals surface area contributed by atoms with Crippen LogP contribution in [0.25, 0.3) is 0 Å². The Hall–Kier alpha value is -0.610. The molecule has 0 aliphatic heterocycles. The first-order valence-corrected chi connectivity index (χ1v) is 4.21. The maximum atomic E-state index is 10.7. The molecule has 0 aromatic heterocycles. The summed E-state index contributed by atoms with van der Waals surface area (Å²) in [5.41, 5.74) is 5.06. The van der Waals surface area contributed by atoms with Crippen molar-refractivity contribution in [2.45, 2.75) is 26.4 Å². The topological polar surface area (TPSA) is 61.6 Å². The molecule has 0 aliphatic rings. The zero-order chi connectivity index (χ0) is 9.40. The molecule has 0 saturated carbocycles. The van der Waals surface area contributed by atoms with Crippen molar-refractivity contribution in [3.63, 3.8) is 0 Å². The van der Waals surface area contributed by atoms with Crippen LogP contribution in [-0.2, 0) is 14.3 Å². The van der Waals surface area contributed by atoms with Gasteiger partial charge in [-0.25, -0.2) is 0 Å². The predicted octanol–water partition coefficient (Wildman–Crippen LogP) is 0.303. The van der Waals surface area contributed by atoms with Gasteiger partial charge in [0.25, 0.3) is 0 Å². The molecule has 0 bridgehead atoms. The van der Waals surface area contributed by atoms with Crippen LogP contribution in [0.4, 0.5) is 0 Å². The van der Waals surface area contributed by atoms with Gasteiger partial charge < -0.3 is 15.2 Å². The lowest BCUT2D eigenvalue weighted by atomic mass is 10.3. The van der Waals surface area contributed by atoms with Crippen LogP contribution in [0.1, 0.15) is 20.3 Å². The smallest absolute Gasteiger partial charge is 0.246 e. The summed E-state index contributed by atoms with van der Waals surface area (Å²) in [6.07, 6.45) is 0.145. The minimum absolute atomic E-state index is 0.408. The molecular weight excluding hydrogens is 158 g/mol. The normalized spacial score (nSPS) is 12.8. The largest absolute Gasteiger partial charge is 0.379 e. The van der Waals surface area contributed by atoms with Crippen molar-refractivity contribution in [2.24, 2.45) is 5.73 Å². The first-order valence-electron chi connectivity index (χ1n) is 4.21. The first-order chi connectivity index (χ1) is 5.72. The molecule has 0 aromatic carbocycles. The van der Waals surface area contributed by atoms with E-state index in [2.05, 4.69) is 0 Å². The van der Waals surface area contributed by atoms with E-state index in [1.165, 1.54) is 0 Å². The Bertz CT molecular complexity index is 127. The van der Waals surface area contributed by atoms with E-state index in [-0.39, 0.29) is 0 Å². The second-order valence-corrected chi connectivity index (χ2v) is 2.37. The van der Waals surface area contributed by atoms with E-state index in [1.807, 2.05) is 13.8 Å². The summed E-state index contributed by atoms with van der Waals surface area (Å²) in [6.45, 7) is 5.37. The average Bonchev–Trinajstić information content (AvgIpc) is 2.04. The summed E-state index contributed by atoms with van der Waals surface area (Å²) in [4.78, 5) is 10.7. The number of rotatable bonds is 7. The zero-order valence-corrected chi connectivity index (χ0v) is 7.71. The highest BCUT2D eigenvalue weighted by Crippen LogP contribution is 1.96. The molecule has 0 heterocycles. The Morgan fingerprint density at radius 1 is 1.42 bits per heavy atom. The fourth-order valence-corrected chi connectivity index (χ4v) is 0.795. The minimum atomic E-state index is -0.467. The highest BCUT2D eigenvalue weighted by Gasteiger charge is 2.11. The monoisotopic (exact) mass is 175 g/mol. The van der Waals surface area contributed by atoms with Gasteiger partial charge in [-0.15, -0.1) is 0 Å². The lowest BCUT2D eigenvalue weighted by Crippen LogP contribution is -2.31. The molecule has 0 aromatic rings. The van der Waals surface area contributed by atoms with E-state index in [9.17, 15) is 4.79 Å². The van der Waals surface area contributed by atoms with Crippen molar-refractivity contribution in [3.8, 4) is 0 Å². The number of hydrogen-bond acceptors (Lipinski definition) is 3. The van der Waals surface area contributed by atoms with Gasteiger partial charge in [0.05, 0.1) is 13.2 Å². The molecule has 0 rings (SSSR count). The number of hydrogen-bond donors (Lipinski definition) is 1. The minimum Gasteiger partial charge on any atom is -0.379 e. The van der Waals surface area contributed by atoms with Gasteiger partial charge in [0.15, 0.2) is 0 Å². The van der Waals surface area contributed by atoms with Gasteiger partial charge >= 0.3 is 0 Å². The highest BCUT2D eigenvalue weighted by molar-refractivity contribution is 5.78. The Morgan fingerprint density at radius 2 is 2.08 bits per heavy atom.